The highest BCUT2D eigenvalue weighted by molar-refractivity contribution is 7.99. The van der Waals surface area contributed by atoms with Crippen molar-refractivity contribution < 1.29 is 0 Å². The van der Waals surface area contributed by atoms with Gasteiger partial charge in [0.15, 0.2) is 0 Å². The first-order valence-corrected chi connectivity index (χ1v) is 9.15. The molecule has 0 spiro atoms. The maximum absolute atomic E-state index is 3.74. The zero-order valence-corrected chi connectivity index (χ0v) is 13.7. The number of thioether (sulfide) groups is 1. The molecule has 1 saturated carbocycles. The Kier molecular flexibility index (Phi) is 5.21. The predicted molar refractivity (Wildman–Crippen MR) is 94.1 cm³/mol. The molecule has 1 N–H and O–H groups in total. The Labute approximate surface area is 132 Å². The van der Waals surface area contributed by atoms with Crippen molar-refractivity contribution in [3.63, 3.8) is 0 Å². The van der Waals surface area contributed by atoms with Gasteiger partial charge in [-0.25, -0.2) is 0 Å². The molecule has 0 saturated heterocycles. The van der Waals surface area contributed by atoms with E-state index < -0.39 is 0 Å². The first-order valence-electron chi connectivity index (χ1n) is 8.16. The van der Waals surface area contributed by atoms with E-state index >= 15 is 0 Å². The van der Waals surface area contributed by atoms with Gasteiger partial charge in [0.1, 0.15) is 0 Å². The second kappa shape index (κ2) is 7.33. The van der Waals surface area contributed by atoms with E-state index in [1.54, 1.807) is 0 Å². The SMILES string of the molecule is CC1CCCC(NCCSc2ccc3ccccc3c2)C1. The van der Waals surface area contributed by atoms with Crippen molar-refractivity contribution in [2.45, 2.75) is 43.5 Å². The lowest BCUT2D eigenvalue weighted by Gasteiger charge is -2.27. The van der Waals surface area contributed by atoms with Crippen LogP contribution in [-0.4, -0.2) is 18.3 Å². The lowest BCUT2D eigenvalue weighted by Crippen LogP contribution is -2.34. The normalized spacial score (nSPS) is 22.5. The van der Waals surface area contributed by atoms with Gasteiger partial charge in [0.05, 0.1) is 0 Å². The van der Waals surface area contributed by atoms with E-state index in [4.69, 9.17) is 0 Å². The maximum atomic E-state index is 3.74. The molecule has 2 aromatic carbocycles. The van der Waals surface area contributed by atoms with Gasteiger partial charge in [0.2, 0.25) is 0 Å². The van der Waals surface area contributed by atoms with Crippen LogP contribution >= 0.6 is 11.8 Å². The summed E-state index contributed by atoms with van der Waals surface area (Å²) in [6.45, 7) is 3.51. The number of benzene rings is 2. The standard InChI is InChI=1S/C19H25NS/c1-15-5-4-8-18(13-15)20-11-12-21-19-10-9-16-6-2-3-7-17(16)14-19/h2-3,6-7,9-10,14-15,18,20H,4-5,8,11-13H2,1H3. The highest BCUT2D eigenvalue weighted by Gasteiger charge is 2.17. The summed E-state index contributed by atoms with van der Waals surface area (Å²) in [6, 6.07) is 16.1. The van der Waals surface area contributed by atoms with Crippen LogP contribution in [0.25, 0.3) is 10.8 Å². The van der Waals surface area contributed by atoms with Gasteiger partial charge in [0.25, 0.3) is 0 Å². The third-order valence-corrected chi connectivity index (χ3v) is 5.46. The molecular weight excluding hydrogens is 274 g/mol. The highest BCUT2D eigenvalue weighted by atomic mass is 32.2. The number of nitrogens with one attached hydrogen (secondary N) is 1. The predicted octanol–water partition coefficient (Wildman–Crippen LogP) is 5.10. The maximum Gasteiger partial charge on any atom is 0.0106 e. The molecule has 1 aliphatic rings. The van der Waals surface area contributed by atoms with Crippen LogP contribution < -0.4 is 5.32 Å². The van der Waals surface area contributed by atoms with E-state index in [2.05, 4.69) is 54.7 Å². The number of rotatable bonds is 5. The van der Waals surface area contributed by atoms with Gasteiger partial charge in [-0.05, 0) is 41.7 Å². The van der Waals surface area contributed by atoms with Crippen molar-refractivity contribution in [3.05, 3.63) is 42.5 Å². The fraction of sp³-hybridized carbons (Fsp3) is 0.474. The molecular formula is C19H25NS. The fourth-order valence-electron chi connectivity index (χ4n) is 3.31. The first-order chi connectivity index (χ1) is 10.3. The van der Waals surface area contributed by atoms with Crippen molar-refractivity contribution in [1.29, 1.82) is 0 Å². The van der Waals surface area contributed by atoms with E-state index in [9.17, 15) is 0 Å². The van der Waals surface area contributed by atoms with Crippen molar-refractivity contribution >= 4 is 22.5 Å². The molecule has 3 rings (SSSR count). The summed E-state index contributed by atoms with van der Waals surface area (Å²) >= 11 is 1.96. The molecule has 1 fully saturated rings. The second-order valence-corrected chi connectivity index (χ2v) is 7.45. The lowest BCUT2D eigenvalue weighted by atomic mass is 9.87. The van der Waals surface area contributed by atoms with Crippen LogP contribution in [0.4, 0.5) is 0 Å². The van der Waals surface area contributed by atoms with Crippen molar-refractivity contribution in [1.82, 2.24) is 5.32 Å². The molecule has 2 heteroatoms. The molecule has 21 heavy (non-hydrogen) atoms. The molecule has 0 bridgehead atoms. The molecule has 2 aromatic rings. The number of hydrogen-bond acceptors (Lipinski definition) is 2. The van der Waals surface area contributed by atoms with Crippen LogP contribution in [0, 0.1) is 5.92 Å². The van der Waals surface area contributed by atoms with Gasteiger partial charge in [0, 0.05) is 23.2 Å². The van der Waals surface area contributed by atoms with Crippen molar-refractivity contribution in [2.24, 2.45) is 5.92 Å². The van der Waals surface area contributed by atoms with E-state index in [0.717, 1.165) is 24.3 Å². The van der Waals surface area contributed by atoms with Gasteiger partial charge in [-0.15, -0.1) is 11.8 Å². The smallest absolute Gasteiger partial charge is 0.0106 e. The Hall–Kier alpha value is -0.990. The topological polar surface area (TPSA) is 12.0 Å². The van der Waals surface area contributed by atoms with E-state index in [0.29, 0.717) is 0 Å². The summed E-state index contributed by atoms with van der Waals surface area (Å²) in [6.07, 6.45) is 5.55. The summed E-state index contributed by atoms with van der Waals surface area (Å²) < 4.78 is 0. The minimum absolute atomic E-state index is 0.756. The van der Waals surface area contributed by atoms with Gasteiger partial charge >= 0.3 is 0 Å². The molecule has 0 heterocycles. The number of hydrogen-bond donors (Lipinski definition) is 1. The van der Waals surface area contributed by atoms with Crippen LogP contribution in [0.15, 0.2) is 47.4 Å². The molecule has 1 nitrogen and oxygen atoms in total. The fourth-order valence-corrected chi connectivity index (χ4v) is 4.14. The Bertz CT molecular complexity index is 581. The molecule has 2 unspecified atom stereocenters. The zero-order chi connectivity index (χ0) is 14.5. The lowest BCUT2D eigenvalue weighted by molar-refractivity contribution is 0.306. The van der Waals surface area contributed by atoms with Gasteiger partial charge in [-0.2, -0.15) is 0 Å². The summed E-state index contributed by atoms with van der Waals surface area (Å²) in [7, 11) is 0. The second-order valence-electron chi connectivity index (χ2n) is 6.28. The minimum atomic E-state index is 0.756. The Balaban J connectivity index is 1.46. The summed E-state index contributed by atoms with van der Waals surface area (Å²) in [4.78, 5) is 1.38. The number of fused-ring (bicyclic) bond motifs is 1. The molecule has 0 aromatic heterocycles. The van der Waals surface area contributed by atoms with Crippen molar-refractivity contribution in [3.8, 4) is 0 Å². The zero-order valence-electron chi connectivity index (χ0n) is 12.8. The molecule has 1 aliphatic carbocycles. The molecule has 0 aliphatic heterocycles. The van der Waals surface area contributed by atoms with Gasteiger partial charge in [-0.3, -0.25) is 0 Å². The monoisotopic (exact) mass is 299 g/mol. The van der Waals surface area contributed by atoms with Gasteiger partial charge in [-0.1, -0.05) is 50.1 Å². The van der Waals surface area contributed by atoms with Crippen LogP contribution in [-0.2, 0) is 0 Å². The quantitative estimate of drug-likeness (QED) is 0.609. The van der Waals surface area contributed by atoms with Crippen LogP contribution in [0.2, 0.25) is 0 Å². The highest BCUT2D eigenvalue weighted by Crippen LogP contribution is 2.25. The third kappa shape index (κ3) is 4.24. The Morgan fingerprint density at radius 3 is 2.81 bits per heavy atom. The summed E-state index contributed by atoms with van der Waals surface area (Å²) in [5.41, 5.74) is 0. The van der Waals surface area contributed by atoms with Crippen molar-refractivity contribution in [2.75, 3.05) is 12.3 Å². The van der Waals surface area contributed by atoms with Crippen LogP contribution in [0.5, 0.6) is 0 Å². The molecule has 0 amide bonds. The average molecular weight is 299 g/mol. The Morgan fingerprint density at radius 1 is 1.10 bits per heavy atom. The van der Waals surface area contributed by atoms with Crippen LogP contribution in [0.1, 0.15) is 32.6 Å². The van der Waals surface area contributed by atoms with Crippen LogP contribution in [0.3, 0.4) is 0 Å². The van der Waals surface area contributed by atoms with E-state index in [1.165, 1.54) is 41.4 Å². The largest absolute Gasteiger partial charge is 0.313 e. The van der Waals surface area contributed by atoms with Gasteiger partial charge < -0.3 is 5.32 Å². The van der Waals surface area contributed by atoms with E-state index in [-0.39, 0.29) is 0 Å². The third-order valence-electron chi connectivity index (χ3n) is 4.46. The first kappa shape index (κ1) is 14.9. The molecule has 112 valence electrons. The molecule has 0 radical (unpaired) electrons. The minimum Gasteiger partial charge on any atom is -0.313 e. The Morgan fingerprint density at radius 2 is 1.95 bits per heavy atom. The summed E-state index contributed by atoms with van der Waals surface area (Å²) in [5, 5.41) is 6.41. The summed E-state index contributed by atoms with van der Waals surface area (Å²) in [5.74, 6) is 2.06. The average Bonchev–Trinajstić information content (AvgIpc) is 2.51. The van der Waals surface area contributed by atoms with E-state index in [1.807, 2.05) is 11.8 Å². The molecule has 2 atom stereocenters.